The molecule has 2 heterocycles. The fraction of sp³-hybridized carbons (Fsp3) is 0.600. The average molecular weight is 353 g/mol. The number of halogens is 1. The standard InChI is InChI=1S/C10H12INO3S/c11-7-10(9-2-1-5-16-9)4-3-8(15-10)6-12(13)14/h1-2,5,8H,3-4,6-7H2. The summed E-state index contributed by atoms with van der Waals surface area (Å²) in [5.74, 6) is 0. The summed E-state index contributed by atoms with van der Waals surface area (Å²) in [6.07, 6.45) is 1.43. The summed E-state index contributed by atoms with van der Waals surface area (Å²) < 4.78 is 6.76. The minimum atomic E-state index is -0.289. The summed E-state index contributed by atoms with van der Waals surface area (Å²) in [5.41, 5.74) is -0.282. The number of nitro groups is 1. The lowest BCUT2D eigenvalue weighted by molar-refractivity contribution is -0.491. The van der Waals surface area contributed by atoms with Gasteiger partial charge in [-0.25, -0.2) is 0 Å². The molecule has 1 aliphatic rings. The van der Waals surface area contributed by atoms with Crippen LogP contribution in [0.1, 0.15) is 17.7 Å². The van der Waals surface area contributed by atoms with E-state index in [2.05, 4.69) is 28.7 Å². The zero-order valence-electron chi connectivity index (χ0n) is 8.60. The predicted octanol–water partition coefficient (Wildman–Crippen LogP) is 2.83. The summed E-state index contributed by atoms with van der Waals surface area (Å²) in [6.45, 7) is -0.0796. The Kier molecular flexibility index (Phi) is 3.81. The first kappa shape index (κ1) is 12.3. The Hall–Kier alpha value is -0.210. The first-order valence-corrected chi connectivity index (χ1v) is 7.46. The normalized spacial score (nSPS) is 29.4. The van der Waals surface area contributed by atoms with E-state index in [4.69, 9.17) is 4.74 Å². The van der Waals surface area contributed by atoms with E-state index in [-0.39, 0.29) is 23.2 Å². The maximum Gasteiger partial charge on any atom is 0.229 e. The summed E-state index contributed by atoms with van der Waals surface area (Å²) in [5, 5.41) is 12.5. The van der Waals surface area contributed by atoms with Gasteiger partial charge in [-0.2, -0.15) is 0 Å². The van der Waals surface area contributed by atoms with Crippen LogP contribution in [0, 0.1) is 10.1 Å². The molecule has 1 saturated heterocycles. The third-order valence-corrected chi connectivity index (χ3v) is 5.09. The smallest absolute Gasteiger partial charge is 0.229 e. The maximum atomic E-state index is 10.5. The fourth-order valence-electron chi connectivity index (χ4n) is 2.01. The monoisotopic (exact) mass is 353 g/mol. The molecule has 0 N–H and O–H groups in total. The van der Waals surface area contributed by atoms with Crippen molar-refractivity contribution < 1.29 is 9.66 Å². The zero-order valence-corrected chi connectivity index (χ0v) is 11.6. The highest BCUT2D eigenvalue weighted by molar-refractivity contribution is 14.1. The molecule has 1 aliphatic heterocycles. The minimum Gasteiger partial charge on any atom is -0.359 e. The van der Waals surface area contributed by atoms with Crippen LogP contribution in [0.4, 0.5) is 0 Å². The molecule has 0 bridgehead atoms. The van der Waals surface area contributed by atoms with Crippen LogP contribution in [0.3, 0.4) is 0 Å². The minimum absolute atomic E-state index is 0.0796. The molecule has 0 radical (unpaired) electrons. The molecule has 0 amide bonds. The van der Waals surface area contributed by atoms with Crippen molar-refractivity contribution >= 4 is 33.9 Å². The number of hydrogen-bond donors (Lipinski definition) is 0. The van der Waals surface area contributed by atoms with E-state index >= 15 is 0 Å². The first-order chi connectivity index (χ1) is 7.66. The van der Waals surface area contributed by atoms with Crippen LogP contribution < -0.4 is 0 Å². The van der Waals surface area contributed by atoms with E-state index < -0.39 is 0 Å². The van der Waals surface area contributed by atoms with Crippen molar-refractivity contribution in [2.75, 3.05) is 11.0 Å². The lowest BCUT2D eigenvalue weighted by atomic mass is 10.0. The Morgan fingerprint density at radius 1 is 1.75 bits per heavy atom. The Bertz CT molecular complexity index is 370. The number of alkyl halides is 1. The van der Waals surface area contributed by atoms with Gasteiger partial charge in [-0.05, 0) is 24.3 Å². The molecular weight excluding hydrogens is 341 g/mol. The Morgan fingerprint density at radius 2 is 2.56 bits per heavy atom. The van der Waals surface area contributed by atoms with Gasteiger partial charge in [0.2, 0.25) is 6.54 Å². The van der Waals surface area contributed by atoms with E-state index in [1.807, 2.05) is 11.4 Å². The number of hydrogen-bond acceptors (Lipinski definition) is 4. The molecule has 0 saturated carbocycles. The molecular formula is C10H12INO3S. The van der Waals surface area contributed by atoms with Crippen LogP contribution in [0.5, 0.6) is 0 Å². The van der Waals surface area contributed by atoms with Crippen LogP contribution in [-0.4, -0.2) is 22.0 Å². The van der Waals surface area contributed by atoms with E-state index in [9.17, 15) is 10.1 Å². The third-order valence-electron chi connectivity index (χ3n) is 2.80. The highest BCUT2D eigenvalue weighted by Gasteiger charge is 2.43. The van der Waals surface area contributed by atoms with Gasteiger partial charge in [0, 0.05) is 14.2 Å². The van der Waals surface area contributed by atoms with Crippen LogP contribution in [0.2, 0.25) is 0 Å². The van der Waals surface area contributed by atoms with Crippen LogP contribution in [0.15, 0.2) is 17.5 Å². The molecule has 0 spiro atoms. The second kappa shape index (κ2) is 4.97. The van der Waals surface area contributed by atoms with Crippen LogP contribution >= 0.6 is 33.9 Å². The molecule has 88 valence electrons. The lowest BCUT2D eigenvalue weighted by Crippen LogP contribution is -2.29. The second-order valence-electron chi connectivity index (χ2n) is 3.90. The zero-order chi connectivity index (χ0) is 11.6. The van der Waals surface area contributed by atoms with Gasteiger partial charge in [-0.1, -0.05) is 28.7 Å². The SMILES string of the molecule is O=[N+]([O-])CC1CCC(CI)(c2cccs2)O1. The van der Waals surface area contributed by atoms with Gasteiger partial charge in [0.25, 0.3) is 0 Å². The second-order valence-corrected chi connectivity index (χ2v) is 5.61. The molecule has 1 aromatic rings. The number of ether oxygens (including phenoxy) is 1. The topological polar surface area (TPSA) is 52.4 Å². The summed E-state index contributed by atoms with van der Waals surface area (Å²) in [6, 6.07) is 4.05. The van der Waals surface area contributed by atoms with E-state index in [0.29, 0.717) is 0 Å². The van der Waals surface area contributed by atoms with Crippen molar-refractivity contribution in [3.8, 4) is 0 Å². The largest absolute Gasteiger partial charge is 0.359 e. The van der Waals surface area contributed by atoms with Crippen molar-refractivity contribution in [1.82, 2.24) is 0 Å². The molecule has 6 heteroatoms. The third kappa shape index (κ3) is 2.38. The molecule has 4 nitrogen and oxygen atoms in total. The van der Waals surface area contributed by atoms with Gasteiger partial charge in [0.05, 0.1) is 0 Å². The predicted molar refractivity (Wildman–Crippen MR) is 70.9 cm³/mol. The van der Waals surface area contributed by atoms with Crippen molar-refractivity contribution in [2.24, 2.45) is 0 Å². The number of thiophene rings is 1. The van der Waals surface area contributed by atoms with Gasteiger partial charge in [-0.3, -0.25) is 10.1 Å². The van der Waals surface area contributed by atoms with E-state index in [1.165, 1.54) is 4.88 Å². The van der Waals surface area contributed by atoms with Gasteiger partial charge >= 0.3 is 0 Å². The molecule has 2 unspecified atom stereocenters. The van der Waals surface area contributed by atoms with Gasteiger partial charge in [0.1, 0.15) is 11.7 Å². The maximum absolute atomic E-state index is 10.5. The summed E-state index contributed by atoms with van der Waals surface area (Å²) in [7, 11) is 0. The van der Waals surface area contributed by atoms with E-state index in [1.54, 1.807) is 11.3 Å². The molecule has 16 heavy (non-hydrogen) atoms. The molecule has 1 fully saturated rings. The molecule has 0 aromatic carbocycles. The van der Waals surface area contributed by atoms with Crippen molar-refractivity contribution in [3.05, 3.63) is 32.5 Å². The van der Waals surface area contributed by atoms with Gasteiger partial charge in [-0.15, -0.1) is 11.3 Å². The quantitative estimate of drug-likeness (QED) is 0.362. The van der Waals surface area contributed by atoms with Gasteiger partial charge in [0.15, 0.2) is 0 Å². The van der Waals surface area contributed by atoms with E-state index in [0.717, 1.165) is 17.3 Å². The van der Waals surface area contributed by atoms with Crippen LogP contribution in [-0.2, 0) is 10.3 Å². The molecule has 1 aromatic heterocycles. The van der Waals surface area contributed by atoms with Crippen LogP contribution in [0.25, 0.3) is 0 Å². The van der Waals surface area contributed by atoms with Gasteiger partial charge < -0.3 is 4.74 Å². The van der Waals surface area contributed by atoms with Crippen molar-refractivity contribution in [1.29, 1.82) is 0 Å². The Morgan fingerprint density at radius 3 is 3.12 bits per heavy atom. The molecule has 2 rings (SSSR count). The Labute approximate surface area is 111 Å². The summed E-state index contributed by atoms with van der Waals surface area (Å²) in [4.78, 5) is 11.4. The fourth-order valence-corrected chi connectivity index (χ4v) is 4.14. The summed E-state index contributed by atoms with van der Waals surface area (Å²) >= 11 is 3.96. The average Bonchev–Trinajstić information content (AvgIpc) is 2.85. The highest BCUT2D eigenvalue weighted by Crippen LogP contribution is 2.42. The number of rotatable bonds is 4. The Balaban J connectivity index is 2.11. The molecule has 0 aliphatic carbocycles. The number of nitrogens with zero attached hydrogens (tertiary/aromatic N) is 1. The van der Waals surface area contributed by atoms with Crippen molar-refractivity contribution in [3.63, 3.8) is 0 Å². The first-order valence-electron chi connectivity index (χ1n) is 5.06. The lowest BCUT2D eigenvalue weighted by Gasteiger charge is -2.25. The highest BCUT2D eigenvalue weighted by atomic mass is 127. The van der Waals surface area contributed by atoms with Crippen molar-refractivity contribution in [2.45, 2.75) is 24.5 Å². The molecule has 2 atom stereocenters.